The number of hydrogen-bond acceptors (Lipinski definition) is 4. The summed E-state index contributed by atoms with van der Waals surface area (Å²) in [6, 6.07) is 4.05. The molecule has 0 spiro atoms. The predicted molar refractivity (Wildman–Crippen MR) is 90.8 cm³/mol. The summed E-state index contributed by atoms with van der Waals surface area (Å²) in [6.45, 7) is 4.04. The molecule has 1 aromatic carbocycles. The molecule has 114 valence electrons. The summed E-state index contributed by atoms with van der Waals surface area (Å²) in [5.74, 6) is 0.493. The highest BCUT2D eigenvalue weighted by Gasteiger charge is 2.14. The maximum Gasteiger partial charge on any atom is 0.265 e. The molecule has 0 aliphatic rings. The normalized spacial score (nSPS) is 11.1. The first-order chi connectivity index (χ1) is 10.4. The summed E-state index contributed by atoms with van der Waals surface area (Å²) >= 11 is 3.49. The van der Waals surface area contributed by atoms with Gasteiger partial charge in [-0.2, -0.15) is 4.98 Å². The van der Waals surface area contributed by atoms with Crippen LogP contribution in [0.15, 0.2) is 27.6 Å². The molecule has 3 rings (SSSR count). The van der Waals surface area contributed by atoms with Crippen molar-refractivity contribution in [2.24, 2.45) is 7.05 Å². The molecule has 7 heteroatoms. The van der Waals surface area contributed by atoms with Crippen molar-refractivity contribution in [1.82, 2.24) is 19.3 Å². The molecule has 0 aliphatic heterocycles. The second kappa shape index (κ2) is 5.24. The number of nitrogens with zero attached hydrogens (tertiary/aromatic N) is 4. The van der Waals surface area contributed by atoms with Crippen molar-refractivity contribution >= 4 is 32.9 Å². The van der Waals surface area contributed by atoms with Crippen LogP contribution in [0.25, 0.3) is 16.7 Å². The van der Waals surface area contributed by atoms with Gasteiger partial charge < -0.3 is 5.32 Å². The molecule has 0 saturated heterocycles. The number of nitrogens with one attached hydrogen (secondary N) is 1. The van der Waals surface area contributed by atoms with Gasteiger partial charge >= 0.3 is 0 Å². The zero-order chi connectivity index (χ0) is 16.0. The molecule has 0 bridgehead atoms. The van der Waals surface area contributed by atoms with Gasteiger partial charge in [-0.1, -0.05) is 15.9 Å². The van der Waals surface area contributed by atoms with Crippen LogP contribution in [-0.2, 0) is 7.05 Å². The fourth-order valence-corrected chi connectivity index (χ4v) is 3.34. The fraction of sp³-hybridized carbons (Fsp3) is 0.267. The molecule has 0 radical (unpaired) electrons. The van der Waals surface area contributed by atoms with Crippen molar-refractivity contribution in [3.63, 3.8) is 0 Å². The number of aryl methyl sites for hydroxylation is 2. The van der Waals surface area contributed by atoms with E-state index in [0.717, 1.165) is 21.3 Å². The van der Waals surface area contributed by atoms with Gasteiger partial charge in [0.25, 0.3) is 5.56 Å². The minimum absolute atomic E-state index is 0.118. The summed E-state index contributed by atoms with van der Waals surface area (Å²) in [5.41, 5.74) is 3.44. The van der Waals surface area contributed by atoms with Crippen LogP contribution >= 0.6 is 15.9 Å². The molecule has 0 saturated carbocycles. The Balaban J connectivity index is 2.31. The Morgan fingerprint density at radius 2 is 1.86 bits per heavy atom. The van der Waals surface area contributed by atoms with E-state index in [9.17, 15) is 4.79 Å². The monoisotopic (exact) mass is 361 g/mol. The minimum Gasteiger partial charge on any atom is -0.359 e. The van der Waals surface area contributed by atoms with Crippen molar-refractivity contribution in [3.05, 3.63) is 44.3 Å². The summed E-state index contributed by atoms with van der Waals surface area (Å²) in [7, 11) is 3.42. The van der Waals surface area contributed by atoms with E-state index in [4.69, 9.17) is 0 Å². The van der Waals surface area contributed by atoms with Gasteiger partial charge in [-0.05, 0) is 37.1 Å². The van der Waals surface area contributed by atoms with E-state index in [1.54, 1.807) is 25.0 Å². The molecule has 0 aliphatic carbocycles. The van der Waals surface area contributed by atoms with Crippen LogP contribution in [-0.4, -0.2) is 26.4 Å². The largest absolute Gasteiger partial charge is 0.359 e. The average Bonchev–Trinajstić information content (AvgIpc) is 2.85. The standard InChI is InChI=1S/C15H16BrN5O/c1-8-5-10(16)6-9(2)12(8)21-7-11-13(19-21)18-15(17-3)20(4)14(11)22/h5-7H,1-4H3,(H,17,18,19). The van der Waals surface area contributed by atoms with Crippen molar-refractivity contribution in [2.75, 3.05) is 12.4 Å². The van der Waals surface area contributed by atoms with Gasteiger partial charge in [0.2, 0.25) is 5.95 Å². The number of benzene rings is 1. The van der Waals surface area contributed by atoms with Gasteiger partial charge in [0.15, 0.2) is 5.65 Å². The number of fused-ring (bicyclic) bond motifs is 1. The molecule has 0 amide bonds. The van der Waals surface area contributed by atoms with E-state index >= 15 is 0 Å². The SMILES string of the molecule is CNc1nc2nn(-c3c(C)cc(Br)cc3C)cc2c(=O)n1C. The molecule has 2 heterocycles. The highest BCUT2D eigenvalue weighted by Crippen LogP contribution is 2.24. The number of anilines is 1. The van der Waals surface area contributed by atoms with Crippen LogP contribution in [0, 0.1) is 13.8 Å². The van der Waals surface area contributed by atoms with Crippen molar-refractivity contribution < 1.29 is 0 Å². The molecule has 0 unspecified atom stereocenters. The van der Waals surface area contributed by atoms with E-state index in [1.165, 1.54) is 4.57 Å². The molecule has 3 aromatic rings. The highest BCUT2D eigenvalue weighted by atomic mass is 79.9. The topological polar surface area (TPSA) is 64.7 Å². The quantitative estimate of drug-likeness (QED) is 0.761. The van der Waals surface area contributed by atoms with E-state index in [2.05, 4.69) is 31.3 Å². The lowest BCUT2D eigenvalue weighted by atomic mass is 10.1. The summed E-state index contributed by atoms with van der Waals surface area (Å²) in [4.78, 5) is 16.8. The summed E-state index contributed by atoms with van der Waals surface area (Å²) < 4.78 is 4.24. The third-order valence-corrected chi connectivity index (χ3v) is 4.13. The van der Waals surface area contributed by atoms with E-state index < -0.39 is 0 Å². The second-order valence-corrected chi connectivity index (χ2v) is 6.16. The smallest absolute Gasteiger partial charge is 0.265 e. The third kappa shape index (κ3) is 2.21. The van der Waals surface area contributed by atoms with Crippen LogP contribution in [0.2, 0.25) is 0 Å². The molecule has 22 heavy (non-hydrogen) atoms. The number of hydrogen-bond donors (Lipinski definition) is 1. The van der Waals surface area contributed by atoms with Crippen LogP contribution in [0.3, 0.4) is 0 Å². The van der Waals surface area contributed by atoms with Crippen molar-refractivity contribution in [1.29, 1.82) is 0 Å². The summed E-state index contributed by atoms with van der Waals surface area (Å²) in [6.07, 6.45) is 1.74. The number of rotatable bonds is 2. The zero-order valence-corrected chi connectivity index (χ0v) is 14.4. The van der Waals surface area contributed by atoms with Gasteiger partial charge in [-0.25, -0.2) is 4.68 Å². The number of aromatic nitrogens is 4. The van der Waals surface area contributed by atoms with Gasteiger partial charge in [0.1, 0.15) is 5.39 Å². The van der Waals surface area contributed by atoms with Crippen molar-refractivity contribution in [2.45, 2.75) is 13.8 Å². The lowest BCUT2D eigenvalue weighted by molar-refractivity contribution is 0.846. The fourth-order valence-electron chi connectivity index (χ4n) is 2.65. The van der Waals surface area contributed by atoms with Gasteiger partial charge in [0, 0.05) is 24.8 Å². The highest BCUT2D eigenvalue weighted by molar-refractivity contribution is 9.10. The summed E-state index contributed by atoms with van der Waals surface area (Å²) in [5, 5.41) is 7.89. The molecule has 1 N–H and O–H groups in total. The molecular formula is C15H16BrN5O. The van der Waals surface area contributed by atoms with Gasteiger partial charge in [-0.15, -0.1) is 5.10 Å². The molecular weight excluding hydrogens is 346 g/mol. The van der Waals surface area contributed by atoms with Crippen LogP contribution in [0.4, 0.5) is 5.95 Å². The van der Waals surface area contributed by atoms with Crippen LogP contribution in [0.1, 0.15) is 11.1 Å². The maximum absolute atomic E-state index is 12.4. The van der Waals surface area contributed by atoms with Gasteiger partial charge in [-0.3, -0.25) is 9.36 Å². The molecule has 6 nitrogen and oxygen atoms in total. The average molecular weight is 362 g/mol. The van der Waals surface area contributed by atoms with E-state index in [1.807, 2.05) is 26.0 Å². The lowest BCUT2D eigenvalue weighted by Crippen LogP contribution is -2.20. The molecule has 0 fully saturated rings. The first-order valence-corrected chi connectivity index (χ1v) is 7.63. The first kappa shape index (κ1) is 14.8. The molecule has 2 aromatic heterocycles. The Morgan fingerprint density at radius 3 is 2.45 bits per heavy atom. The van der Waals surface area contributed by atoms with Crippen LogP contribution in [0.5, 0.6) is 0 Å². The minimum atomic E-state index is -0.118. The number of halogens is 1. The second-order valence-electron chi connectivity index (χ2n) is 5.25. The van der Waals surface area contributed by atoms with E-state index in [-0.39, 0.29) is 5.56 Å². The van der Waals surface area contributed by atoms with E-state index in [0.29, 0.717) is 17.0 Å². The Morgan fingerprint density at radius 1 is 1.23 bits per heavy atom. The Bertz CT molecular complexity index is 918. The third-order valence-electron chi connectivity index (χ3n) is 3.67. The Hall–Kier alpha value is -2.15. The van der Waals surface area contributed by atoms with Crippen molar-refractivity contribution in [3.8, 4) is 5.69 Å². The maximum atomic E-state index is 12.4. The van der Waals surface area contributed by atoms with Crippen LogP contribution < -0.4 is 10.9 Å². The van der Waals surface area contributed by atoms with Gasteiger partial charge in [0.05, 0.1) is 5.69 Å². The zero-order valence-electron chi connectivity index (χ0n) is 12.8. The Kier molecular flexibility index (Phi) is 3.52. The molecule has 0 atom stereocenters. The predicted octanol–water partition coefficient (Wildman–Crippen LogP) is 2.54. The first-order valence-electron chi connectivity index (χ1n) is 6.83. The lowest BCUT2D eigenvalue weighted by Gasteiger charge is -2.10. The Labute approximate surface area is 135 Å².